The molecule has 0 aliphatic rings. The molecule has 0 N–H and O–H groups in total. The van der Waals surface area contributed by atoms with Gasteiger partial charge in [0, 0.05) is 59.1 Å². The van der Waals surface area contributed by atoms with Crippen LogP contribution < -0.4 is 15.0 Å². The van der Waals surface area contributed by atoms with Gasteiger partial charge in [-0.1, -0.05) is 72.8 Å². The van der Waals surface area contributed by atoms with E-state index in [0.717, 1.165) is 50.4 Å². The predicted octanol–water partition coefficient (Wildman–Crippen LogP) is 11.5. The third-order valence-electron chi connectivity index (χ3n) is 8.85. The highest BCUT2D eigenvalue weighted by molar-refractivity contribution is 6.75. The van der Waals surface area contributed by atoms with Crippen LogP contribution in [0.25, 0.3) is 11.1 Å². The van der Waals surface area contributed by atoms with E-state index in [2.05, 4.69) is 176 Å². The first-order valence-electron chi connectivity index (χ1n) is 17.9. The summed E-state index contributed by atoms with van der Waals surface area (Å²) in [6.07, 6.45) is 0. The fraction of sp³-hybridized carbons (Fsp3) is 0.200. The van der Waals surface area contributed by atoms with Gasteiger partial charge in [0.25, 0.3) is 0 Å². The summed E-state index contributed by atoms with van der Waals surface area (Å²) in [6.45, 7) is 13.9. The van der Waals surface area contributed by atoms with Gasteiger partial charge in [-0.2, -0.15) is 0 Å². The minimum Gasteiger partial charge on any atom is -0.370 e. The molecule has 0 unspecified atom stereocenters. The average Bonchev–Trinajstić information content (AvgIpc) is 3.13. The molecule has 51 heavy (non-hydrogen) atoms. The molecule has 0 aliphatic carbocycles. The van der Waals surface area contributed by atoms with Crippen LogP contribution in [-0.2, 0) is 13.3 Å². The van der Waals surface area contributed by atoms with Crippen LogP contribution in [0.1, 0.15) is 37.5 Å². The van der Waals surface area contributed by atoms with Crippen molar-refractivity contribution in [2.75, 3.05) is 29.6 Å². The van der Waals surface area contributed by atoms with Crippen molar-refractivity contribution in [1.29, 1.82) is 0 Å². The molecular weight excluding hydrogens is 645 g/mol. The molecular formula is C45H48N2O3Si. The summed E-state index contributed by atoms with van der Waals surface area (Å²) in [7, 11) is -3.02. The van der Waals surface area contributed by atoms with Gasteiger partial charge in [-0.05, 0) is 142 Å². The Labute approximate surface area is 305 Å². The number of aryl methyl sites for hydroxylation is 3. The Morgan fingerprint density at radius 1 is 0.392 bits per heavy atom. The summed E-state index contributed by atoms with van der Waals surface area (Å²) in [5.74, 6) is 0. The van der Waals surface area contributed by atoms with Crippen molar-refractivity contribution in [3.05, 3.63) is 162 Å². The van der Waals surface area contributed by atoms with Crippen molar-refractivity contribution < 1.29 is 13.3 Å². The highest BCUT2D eigenvalue weighted by Gasteiger charge is 2.43. The topological polar surface area (TPSA) is 34.2 Å². The molecule has 0 saturated carbocycles. The van der Waals surface area contributed by atoms with E-state index < -0.39 is 8.80 Å². The van der Waals surface area contributed by atoms with Gasteiger partial charge in [0.2, 0.25) is 0 Å². The van der Waals surface area contributed by atoms with Gasteiger partial charge >= 0.3 is 8.80 Å². The van der Waals surface area contributed by atoms with Crippen LogP contribution in [0.2, 0.25) is 0 Å². The molecule has 0 fully saturated rings. The Kier molecular flexibility index (Phi) is 11.5. The maximum Gasteiger partial charge on any atom is 0.537 e. The normalized spacial score (nSPS) is 11.4. The fourth-order valence-corrected chi connectivity index (χ4v) is 9.03. The number of hydrogen-bond acceptors (Lipinski definition) is 5. The van der Waals surface area contributed by atoms with Gasteiger partial charge in [-0.15, -0.1) is 0 Å². The van der Waals surface area contributed by atoms with Crippen molar-refractivity contribution >= 4 is 48.1 Å². The van der Waals surface area contributed by atoms with Crippen LogP contribution in [0.3, 0.4) is 0 Å². The van der Waals surface area contributed by atoms with E-state index in [1.807, 2.05) is 20.8 Å². The first-order chi connectivity index (χ1) is 24.8. The lowest BCUT2D eigenvalue weighted by Gasteiger charge is -2.30. The zero-order chi connectivity index (χ0) is 35.8. The van der Waals surface area contributed by atoms with E-state index in [1.54, 1.807) is 0 Å². The summed E-state index contributed by atoms with van der Waals surface area (Å²) < 4.78 is 18.6. The van der Waals surface area contributed by atoms with Crippen LogP contribution >= 0.6 is 0 Å². The lowest BCUT2D eigenvalue weighted by Crippen LogP contribution is -2.56. The Morgan fingerprint density at radius 3 is 1.02 bits per heavy atom. The van der Waals surface area contributed by atoms with E-state index >= 15 is 0 Å². The standard InChI is InChI=1S/C45H48N2O3Si/c1-7-48-51(49-8-2,50-9-3)45-29-27-41(28-30-45)46(42-16-10-13-34(4)31-42)39-23-19-37(20-24-39)38-21-25-40(26-22-38)47(43-17-11-14-35(5)32-43)44-18-12-15-36(6)33-44/h10-33H,7-9H2,1-6H3. The molecule has 0 amide bonds. The van der Waals surface area contributed by atoms with E-state index in [4.69, 9.17) is 13.3 Å². The first kappa shape index (κ1) is 35.8. The quantitative estimate of drug-likeness (QED) is 0.106. The van der Waals surface area contributed by atoms with Crippen LogP contribution in [0.4, 0.5) is 34.1 Å². The highest BCUT2D eigenvalue weighted by Crippen LogP contribution is 2.38. The van der Waals surface area contributed by atoms with Crippen molar-refractivity contribution in [2.45, 2.75) is 41.5 Å². The number of rotatable bonds is 14. The van der Waals surface area contributed by atoms with Crippen LogP contribution in [0.5, 0.6) is 0 Å². The summed E-state index contributed by atoms with van der Waals surface area (Å²) in [4.78, 5) is 4.61. The van der Waals surface area contributed by atoms with Crippen LogP contribution in [0.15, 0.2) is 146 Å². The number of nitrogens with zero attached hydrogens (tertiary/aromatic N) is 2. The minimum atomic E-state index is -3.02. The molecule has 0 aliphatic heterocycles. The Morgan fingerprint density at radius 2 is 0.706 bits per heavy atom. The first-order valence-corrected chi connectivity index (χ1v) is 19.6. The van der Waals surface area contributed by atoms with Crippen molar-refractivity contribution in [3.63, 3.8) is 0 Å². The lowest BCUT2D eigenvalue weighted by molar-refractivity contribution is 0.0859. The molecule has 0 atom stereocenters. The molecule has 0 heterocycles. The molecule has 0 saturated heterocycles. The molecule has 6 heteroatoms. The molecule has 5 nitrogen and oxygen atoms in total. The fourth-order valence-electron chi connectivity index (χ4n) is 6.56. The maximum absolute atomic E-state index is 6.19. The molecule has 0 aromatic heterocycles. The second-order valence-corrected chi connectivity index (χ2v) is 15.2. The maximum atomic E-state index is 6.19. The van der Waals surface area contributed by atoms with Gasteiger partial charge < -0.3 is 23.1 Å². The van der Waals surface area contributed by atoms with Crippen LogP contribution in [0, 0.1) is 20.8 Å². The van der Waals surface area contributed by atoms with E-state index in [1.165, 1.54) is 16.7 Å². The summed E-state index contributed by atoms with van der Waals surface area (Å²) in [5.41, 5.74) is 12.6. The molecule has 0 radical (unpaired) electrons. The van der Waals surface area contributed by atoms with Gasteiger partial charge in [-0.3, -0.25) is 0 Å². The number of hydrogen-bond donors (Lipinski definition) is 0. The minimum absolute atomic E-state index is 0.524. The molecule has 0 spiro atoms. The number of benzene rings is 6. The Hall–Kier alpha value is -4.98. The zero-order valence-electron chi connectivity index (χ0n) is 30.6. The van der Waals surface area contributed by atoms with Gasteiger partial charge in [-0.25, -0.2) is 0 Å². The van der Waals surface area contributed by atoms with Gasteiger partial charge in [0.15, 0.2) is 0 Å². The summed E-state index contributed by atoms with van der Waals surface area (Å²) in [6, 6.07) is 52.1. The molecule has 6 aromatic carbocycles. The second kappa shape index (κ2) is 16.4. The summed E-state index contributed by atoms with van der Waals surface area (Å²) in [5, 5.41) is 0.961. The molecule has 6 rings (SSSR count). The van der Waals surface area contributed by atoms with Crippen LogP contribution in [-0.4, -0.2) is 28.6 Å². The lowest BCUT2D eigenvalue weighted by atomic mass is 10.0. The largest absolute Gasteiger partial charge is 0.537 e. The molecule has 0 bridgehead atoms. The molecule has 6 aromatic rings. The average molecular weight is 693 g/mol. The van der Waals surface area contributed by atoms with E-state index in [0.29, 0.717) is 19.8 Å². The smallest absolute Gasteiger partial charge is 0.370 e. The third-order valence-corrected chi connectivity index (χ3v) is 11.9. The van der Waals surface area contributed by atoms with Crippen molar-refractivity contribution in [1.82, 2.24) is 0 Å². The van der Waals surface area contributed by atoms with E-state index in [9.17, 15) is 0 Å². The number of anilines is 6. The van der Waals surface area contributed by atoms with Crippen molar-refractivity contribution in [3.8, 4) is 11.1 Å². The second-order valence-electron chi connectivity index (χ2n) is 12.7. The van der Waals surface area contributed by atoms with E-state index in [-0.39, 0.29) is 0 Å². The summed E-state index contributed by atoms with van der Waals surface area (Å²) >= 11 is 0. The molecule has 260 valence electrons. The highest BCUT2D eigenvalue weighted by atomic mass is 28.4. The van der Waals surface area contributed by atoms with Crippen molar-refractivity contribution in [2.24, 2.45) is 0 Å². The zero-order valence-corrected chi connectivity index (χ0v) is 31.6. The SMILES string of the molecule is CCO[Si](OCC)(OCC)c1ccc(N(c2ccc(-c3ccc(N(c4cccc(C)c4)c4cccc(C)c4)cc3)cc2)c2cccc(C)c2)cc1. The monoisotopic (exact) mass is 692 g/mol. The van der Waals surface area contributed by atoms with Gasteiger partial charge in [0.1, 0.15) is 0 Å². The Balaban J connectivity index is 1.32. The predicted molar refractivity (Wildman–Crippen MR) is 216 cm³/mol. The van der Waals surface area contributed by atoms with Gasteiger partial charge in [0.05, 0.1) is 0 Å². The third kappa shape index (κ3) is 8.16. The Bertz CT molecular complexity index is 1970.